The largest absolute Gasteiger partial charge is 0.481 e. The summed E-state index contributed by atoms with van der Waals surface area (Å²) >= 11 is 0. The van der Waals surface area contributed by atoms with E-state index in [1.54, 1.807) is 0 Å². The SMILES string of the molecule is CC(O)C(NC(=O)C(N)Cc1cnc[nH]1)C(=O)NC(CCC(=O)O)C(=O)NC(CCC(=O)O)C(=O)O. The summed E-state index contributed by atoms with van der Waals surface area (Å²) in [6, 6.07) is -5.91. The summed E-state index contributed by atoms with van der Waals surface area (Å²) in [6.45, 7) is 1.18. The monoisotopic (exact) mass is 514 g/mol. The van der Waals surface area contributed by atoms with E-state index in [0.29, 0.717) is 5.69 Å². The summed E-state index contributed by atoms with van der Waals surface area (Å²) in [6.07, 6.45) is -0.683. The standard InChI is InChI=1S/C20H30N6O10/c1-9(27)16(26-17(32)11(21)6-10-7-22-8-23-10)19(34)24-12(2-4-14(28)29)18(33)25-13(20(35)36)3-5-15(30)31/h7-9,11-13,16,27H,2-6,21H2,1H3,(H,22,23)(H,24,34)(H,25,33)(H,26,32)(H,28,29)(H,30,31)(H,35,36). The number of hydrogen-bond acceptors (Lipinski definition) is 9. The van der Waals surface area contributed by atoms with Crippen molar-refractivity contribution in [2.45, 2.75) is 69.3 Å². The second kappa shape index (κ2) is 14.4. The highest BCUT2D eigenvalue weighted by molar-refractivity contribution is 5.94. The van der Waals surface area contributed by atoms with Crippen LogP contribution in [0.25, 0.3) is 0 Å². The second-order valence-corrected chi connectivity index (χ2v) is 7.94. The molecule has 16 nitrogen and oxygen atoms in total. The van der Waals surface area contributed by atoms with Gasteiger partial charge in [0.25, 0.3) is 0 Å². The zero-order valence-electron chi connectivity index (χ0n) is 19.3. The van der Waals surface area contributed by atoms with Crippen LogP contribution in [0.4, 0.5) is 0 Å². The number of nitrogens with one attached hydrogen (secondary N) is 4. The number of carboxylic acids is 3. The van der Waals surface area contributed by atoms with Gasteiger partial charge in [-0.1, -0.05) is 0 Å². The summed E-state index contributed by atoms with van der Waals surface area (Å²) in [5.74, 6) is -7.10. The molecule has 0 radical (unpaired) electrons. The van der Waals surface area contributed by atoms with Crippen molar-refractivity contribution in [2.75, 3.05) is 0 Å². The van der Waals surface area contributed by atoms with Gasteiger partial charge in [0, 0.05) is 31.2 Å². The van der Waals surface area contributed by atoms with Crippen LogP contribution in [-0.2, 0) is 35.2 Å². The van der Waals surface area contributed by atoms with E-state index in [9.17, 15) is 39.0 Å². The number of amides is 3. The molecule has 0 aliphatic carbocycles. The molecular weight excluding hydrogens is 484 g/mol. The number of rotatable bonds is 16. The third-order valence-electron chi connectivity index (χ3n) is 4.94. The van der Waals surface area contributed by atoms with E-state index in [4.69, 9.17) is 15.9 Å². The molecule has 36 heavy (non-hydrogen) atoms. The molecule has 1 aromatic heterocycles. The van der Waals surface area contributed by atoms with Gasteiger partial charge in [-0.3, -0.25) is 24.0 Å². The maximum Gasteiger partial charge on any atom is 0.326 e. The van der Waals surface area contributed by atoms with Crippen molar-refractivity contribution in [3.63, 3.8) is 0 Å². The molecule has 0 spiro atoms. The summed E-state index contributed by atoms with van der Waals surface area (Å²) < 4.78 is 0. The Balaban J connectivity index is 2.94. The van der Waals surface area contributed by atoms with Gasteiger partial charge in [0.1, 0.15) is 18.1 Å². The summed E-state index contributed by atoms with van der Waals surface area (Å²) in [5.41, 5.74) is 6.36. The van der Waals surface area contributed by atoms with E-state index in [1.807, 2.05) is 0 Å². The first-order valence-corrected chi connectivity index (χ1v) is 10.8. The molecule has 10 N–H and O–H groups in total. The molecule has 3 amide bonds. The third-order valence-corrected chi connectivity index (χ3v) is 4.94. The Hall–Kier alpha value is -4.05. The zero-order chi connectivity index (χ0) is 27.4. The van der Waals surface area contributed by atoms with E-state index < -0.39 is 91.6 Å². The lowest BCUT2D eigenvalue weighted by molar-refractivity contribution is -0.144. The Morgan fingerprint density at radius 2 is 1.47 bits per heavy atom. The van der Waals surface area contributed by atoms with Crippen molar-refractivity contribution in [1.82, 2.24) is 25.9 Å². The number of aromatic nitrogens is 2. The van der Waals surface area contributed by atoms with Gasteiger partial charge in [0.15, 0.2) is 0 Å². The highest BCUT2D eigenvalue weighted by atomic mass is 16.4. The number of carboxylic acid groups (broad SMARTS) is 3. The summed E-state index contributed by atoms with van der Waals surface area (Å²) in [4.78, 5) is 77.5. The van der Waals surface area contributed by atoms with Crippen LogP contribution in [0.1, 0.15) is 38.3 Å². The molecule has 0 aliphatic heterocycles. The van der Waals surface area contributed by atoms with Gasteiger partial charge in [0.05, 0.1) is 18.5 Å². The van der Waals surface area contributed by atoms with Gasteiger partial charge in [-0.2, -0.15) is 0 Å². The third kappa shape index (κ3) is 10.5. The van der Waals surface area contributed by atoms with Crippen molar-refractivity contribution in [2.24, 2.45) is 5.73 Å². The van der Waals surface area contributed by atoms with Crippen LogP contribution in [0, 0.1) is 0 Å². The van der Waals surface area contributed by atoms with Crippen molar-refractivity contribution in [1.29, 1.82) is 0 Å². The van der Waals surface area contributed by atoms with Gasteiger partial charge < -0.3 is 47.1 Å². The van der Waals surface area contributed by atoms with Crippen LogP contribution in [0.15, 0.2) is 12.5 Å². The summed E-state index contributed by atoms with van der Waals surface area (Å²) in [5, 5.41) is 43.5. The van der Waals surface area contributed by atoms with Crippen LogP contribution in [0.2, 0.25) is 0 Å². The maximum atomic E-state index is 12.8. The smallest absolute Gasteiger partial charge is 0.326 e. The number of aliphatic carboxylic acids is 3. The van der Waals surface area contributed by atoms with Crippen LogP contribution >= 0.6 is 0 Å². The first kappa shape index (κ1) is 30.0. The lowest BCUT2D eigenvalue weighted by atomic mass is 10.1. The normalized spacial score (nSPS) is 15.0. The Kier molecular flexibility index (Phi) is 12.0. The number of imidazole rings is 1. The highest BCUT2D eigenvalue weighted by Crippen LogP contribution is 2.05. The van der Waals surface area contributed by atoms with Crippen molar-refractivity contribution in [3.8, 4) is 0 Å². The molecule has 0 saturated heterocycles. The molecule has 200 valence electrons. The number of hydrogen-bond donors (Lipinski definition) is 9. The van der Waals surface area contributed by atoms with Crippen molar-refractivity contribution < 1.29 is 49.2 Å². The van der Waals surface area contributed by atoms with Crippen LogP contribution in [-0.4, -0.2) is 96.3 Å². The van der Waals surface area contributed by atoms with Gasteiger partial charge >= 0.3 is 17.9 Å². The number of nitrogens with two attached hydrogens (primary N) is 1. The minimum atomic E-state index is -1.62. The predicted molar refractivity (Wildman–Crippen MR) is 119 cm³/mol. The Morgan fingerprint density at radius 1 is 0.917 bits per heavy atom. The molecule has 16 heteroatoms. The van der Waals surface area contributed by atoms with Gasteiger partial charge in [-0.05, 0) is 19.8 Å². The van der Waals surface area contributed by atoms with Crippen LogP contribution < -0.4 is 21.7 Å². The molecule has 5 atom stereocenters. The van der Waals surface area contributed by atoms with E-state index in [1.165, 1.54) is 19.4 Å². The minimum Gasteiger partial charge on any atom is -0.481 e. The maximum absolute atomic E-state index is 12.8. The number of carbonyl (C=O) groups excluding carboxylic acids is 3. The predicted octanol–water partition coefficient (Wildman–Crippen LogP) is -3.07. The fourth-order valence-corrected chi connectivity index (χ4v) is 2.99. The molecule has 0 aromatic carbocycles. The lowest BCUT2D eigenvalue weighted by Gasteiger charge is -2.26. The average Bonchev–Trinajstić information content (AvgIpc) is 3.29. The van der Waals surface area contributed by atoms with E-state index >= 15 is 0 Å². The molecule has 1 rings (SSSR count). The second-order valence-electron chi connectivity index (χ2n) is 7.94. The number of aliphatic hydroxyl groups excluding tert-OH is 1. The lowest BCUT2D eigenvalue weighted by Crippen LogP contribution is -2.60. The van der Waals surface area contributed by atoms with E-state index in [2.05, 4.69) is 25.9 Å². The molecule has 1 heterocycles. The zero-order valence-corrected chi connectivity index (χ0v) is 19.3. The topological polar surface area (TPSA) is 274 Å². The first-order valence-electron chi connectivity index (χ1n) is 10.8. The van der Waals surface area contributed by atoms with Crippen molar-refractivity contribution >= 4 is 35.6 Å². The van der Waals surface area contributed by atoms with Crippen LogP contribution in [0.5, 0.6) is 0 Å². The molecule has 0 fully saturated rings. The average molecular weight is 514 g/mol. The molecule has 0 aliphatic rings. The summed E-state index contributed by atoms with van der Waals surface area (Å²) in [7, 11) is 0. The number of aromatic amines is 1. The first-order chi connectivity index (χ1) is 16.8. The molecular formula is C20H30N6O10. The van der Waals surface area contributed by atoms with Crippen LogP contribution in [0.3, 0.4) is 0 Å². The molecule has 0 saturated carbocycles. The fourth-order valence-electron chi connectivity index (χ4n) is 2.99. The fraction of sp³-hybridized carbons (Fsp3) is 0.550. The molecule has 0 bridgehead atoms. The Bertz CT molecular complexity index is 935. The molecule has 1 aromatic rings. The highest BCUT2D eigenvalue weighted by Gasteiger charge is 2.32. The molecule has 5 unspecified atom stereocenters. The number of carbonyl (C=O) groups is 6. The Labute approximate surface area is 204 Å². The van der Waals surface area contributed by atoms with Gasteiger partial charge in [-0.15, -0.1) is 0 Å². The minimum absolute atomic E-state index is 0.0382. The van der Waals surface area contributed by atoms with E-state index in [-0.39, 0.29) is 6.42 Å². The van der Waals surface area contributed by atoms with Crippen molar-refractivity contribution in [3.05, 3.63) is 18.2 Å². The number of aliphatic hydroxyl groups is 1. The Morgan fingerprint density at radius 3 is 1.94 bits per heavy atom. The van der Waals surface area contributed by atoms with Gasteiger partial charge in [0.2, 0.25) is 17.7 Å². The number of nitrogens with zero attached hydrogens (tertiary/aromatic N) is 1. The van der Waals surface area contributed by atoms with Gasteiger partial charge in [-0.25, -0.2) is 9.78 Å². The quantitative estimate of drug-likeness (QED) is 0.106. The number of H-pyrrole nitrogens is 1. The van der Waals surface area contributed by atoms with E-state index in [0.717, 1.165) is 0 Å².